The smallest absolute Gasteiger partial charge is 0.248 e. The number of nitrogens with one attached hydrogen (secondary N) is 1. The summed E-state index contributed by atoms with van der Waals surface area (Å²) < 4.78 is 31.0. The number of amides is 1. The minimum atomic E-state index is -3.68. The van der Waals surface area contributed by atoms with Crippen LogP contribution in [0.5, 0.6) is 5.75 Å². The predicted molar refractivity (Wildman–Crippen MR) is 104 cm³/mol. The van der Waals surface area contributed by atoms with E-state index in [4.69, 9.17) is 4.74 Å². The van der Waals surface area contributed by atoms with Crippen molar-refractivity contribution in [1.82, 2.24) is 0 Å². The Morgan fingerprint density at radius 1 is 1.15 bits per heavy atom. The second-order valence-corrected chi connectivity index (χ2v) is 8.03. The molecule has 0 heterocycles. The zero-order chi connectivity index (χ0) is 19.5. The molecule has 0 bridgehead atoms. The van der Waals surface area contributed by atoms with E-state index in [-0.39, 0.29) is 0 Å². The summed E-state index contributed by atoms with van der Waals surface area (Å²) in [6, 6.07) is 11.3. The van der Waals surface area contributed by atoms with Crippen molar-refractivity contribution in [3.05, 3.63) is 53.6 Å². The van der Waals surface area contributed by atoms with Gasteiger partial charge in [-0.15, -0.1) is 0 Å². The van der Waals surface area contributed by atoms with Gasteiger partial charge in [0.05, 0.1) is 19.1 Å². The first-order valence-electron chi connectivity index (χ1n) is 8.15. The van der Waals surface area contributed by atoms with Gasteiger partial charge in [-0.25, -0.2) is 8.42 Å². The second kappa shape index (κ2) is 7.78. The Balaban J connectivity index is 2.36. The number of methoxy groups -OCH3 is 1. The van der Waals surface area contributed by atoms with Gasteiger partial charge in [0.15, 0.2) is 0 Å². The van der Waals surface area contributed by atoms with Crippen molar-refractivity contribution >= 4 is 27.3 Å². The quantitative estimate of drug-likeness (QED) is 0.840. The molecule has 0 radical (unpaired) electrons. The van der Waals surface area contributed by atoms with Crippen LogP contribution in [0.4, 0.5) is 11.4 Å². The first-order valence-corrected chi connectivity index (χ1v) is 10.0. The molecule has 0 aromatic heterocycles. The number of ether oxygens (including phenoxy) is 1. The van der Waals surface area contributed by atoms with Crippen molar-refractivity contribution in [3.63, 3.8) is 0 Å². The zero-order valence-corrected chi connectivity index (χ0v) is 16.4. The molecule has 1 N–H and O–H groups in total. The Hall–Kier alpha value is -2.54. The Labute approximate surface area is 154 Å². The predicted octanol–water partition coefficient (Wildman–Crippen LogP) is 3.11. The van der Waals surface area contributed by atoms with Gasteiger partial charge in [-0.3, -0.25) is 9.10 Å². The molecule has 0 saturated heterocycles. The van der Waals surface area contributed by atoms with Crippen LogP contribution < -0.4 is 14.4 Å². The van der Waals surface area contributed by atoms with E-state index in [9.17, 15) is 13.2 Å². The van der Waals surface area contributed by atoms with Crippen LogP contribution in [0.3, 0.4) is 0 Å². The van der Waals surface area contributed by atoms with Gasteiger partial charge >= 0.3 is 0 Å². The Kier molecular flexibility index (Phi) is 5.92. The van der Waals surface area contributed by atoms with Gasteiger partial charge in [0.2, 0.25) is 15.9 Å². The first-order chi connectivity index (χ1) is 12.1. The van der Waals surface area contributed by atoms with Gasteiger partial charge in [0, 0.05) is 11.8 Å². The highest BCUT2D eigenvalue weighted by atomic mass is 32.2. The summed E-state index contributed by atoms with van der Waals surface area (Å²) in [6.07, 6.45) is 1.08. The van der Waals surface area contributed by atoms with Gasteiger partial charge in [0.1, 0.15) is 11.8 Å². The van der Waals surface area contributed by atoms with Crippen molar-refractivity contribution in [2.45, 2.75) is 26.8 Å². The topological polar surface area (TPSA) is 75.7 Å². The maximum Gasteiger partial charge on any atom is 0.248 e. The van der Waals surface area contributed by atoms with E-state index in [2.05, 4.69) is 5.32 Å². The van der Waals surface area contributed by atoms with Gasteiger partial charge in [-0.05, 0) is 50.1 Å². The number of sulfonamides is 1. The number of hydrogen-bond acceptors (Lipinski definition) is 4. The lowest BCUT2D eigenvalue weighted by Gasteiger charge is -2.28. The van der Waals surface area contributed by atoms with Crippen LogP contribution in [0.25, 0.3) is 0 Å². The molecule has 0 fully saturated rings. The van der Waals surface area contributed by atoms with Gasteiger partial charge in [0.25, 0.3) is 0 Å². The summed E-state index contributed by atoms with van der Waals surface area (Å²) in [5.41, 5.74) is 3.03. The average molecular weight is 376 g/mol. The molecule has 0 aliphatic carbocycles. The minimum absolute atomic E-state index is 0.371. The van der Waals surface area contributed by atoms with E-state index in [1.165, 1.54) is 7.11 Å². The average Bonchev–Trinajstić information content (AvgIpc) is 2.58. The first kappa shape index (κ1) is 19.8. The fraction of sp³-hybridized carbons (Fsp3) is 0.316. The molecule has 1 amide bonds. The van der Waals surface area contributed by atoms with Crippen molar-refractivity contribution in [2.75, 3.05) is 23.0 Å². The number of benzene rings is 2. The SMILES string of the molecule is COc1cccc(N(C(C)C(=O)Nc2cccc(C)c2C)S(C)(=O)=O)c1. The van der Waals surface area contributed by atoms with E-state index in [0.717, 1.165) is 21.7 Å². The van der Waals surface area contributed by atoms with Crippen LogP contribution >= 0.6 is 0 Å². The van der Waals surface area contributed by atoms with Crippen molar-refractivity contribution in [2.24, 2.45) is 0 Å². The second-order valence-electron chi connectivity index (χ2n) is 6.17. The van der Waals surface area contributed by atoms with Crippen molar-refractivity contribution in [1.29, 1.82) is 0 Å². The molecular formula is C19H24N2O4S. The number of hydrogen-bond donors (Lipinski definition) is 1. The standard InChI is InChI=1S/C19H24N2O4S/c1-13-8-6-11-18(14(13)2)20-19(22)15(3)21(26(5,23)24)16-9-7-10-17(12-16)25-4/h6-12,15H,1-5H3,(H,20,22). The molecule has 1 unspecified atom stereocenters. The summed E-state index contributed by atoms with van der Waals surface area (Å²) in [4.78, 5) is 12.7. The molecule has 140 valence electrons. The van der Waals surface area contributed by atoms with Gasteiger partial charge in [-0.2, -0.15) is 0 Å². The molecule has 6 nitrogen and oxygen atoms in total. The molecule has 2 aromatic rings. The van der Waals surface area contributed by atoms with E-state index in [1.807, 2.05) is 26.0 Å². The molecule has 1 atom stereocenters. The fourth-order valence-electron chi connectivity index (χ4n) is 2.68. The molecular weight excluding hydrogens is 352 g/mol. The minimum Gasteiger partial charge on any atom is -0.497 e. The maximum absolute atomic E-state index is 12.7. The Morgan fingerprint density at radius 3 is 2.42 bits per heavy atom. The fourth-order valence-corrected chi connectivity index (χ4v) is 3.85. The summed E-state index contributed by atoms with van der Waals surface area (Å²) >= 11 is 0. The van der Waals surface area contributed by atoms with Crippen LogP contribution in [0.2, 0.25) is 0 Å². The normalized spacial score (nSPS) is 12.3. The monoisotopic (exact) mass is 376 g/mol. The molecule has 26 heavy (non-hydrogen) atoms. The van der Waals surface area contributed by atoms with E-state index in [0.29, 0.717) is 17.1 Å². The van der Waals surface area contributed by atoms with E-state index >= 15 is 0 Å². The lowest BCUT2D eigenvalue weighted by Crippen LogP contribution is -2.45. The summed E-state index contributed by atoms with van der Waals surface area (Å²) in [5, 5.41) is 2.83. The van der Waals surface area contributed by atoms with Crippen molar-refractivity contribution < 1.29 is 17.9 Å². The van der Waals surface area contributed by atoms with Gasteiger partial charge in [-0.1, -0.05) is 18.2 Å². The molecule has 0 aliphatic heterocycles. The van der Waals surface area contributed by atoms with E-state index < -0.39 is 22.0 Å². The highest BCUT2D eigenvalue weighted by molar-refractivity contribution is 7.92. The highest BCUT2D eigenvalue weighted by Gasteiger charge is 2.29. The molecule has 2 rings (SSSR count). The number of carbonyl (C=O) groups is 1. The Morgan fingerprint density at radius 2 is 1.81 bits per heavy atom. The number of rotatable bonds is 6. The third-order valence-corrected chi connectivity index (χ3v) is 5.50. The highest BCUT2D eigenvalue weighted by Crippen LogP contribution is 2.26. The molecule has 2 aromatic carbocycles. The number of aryl methyl sites for hydroxylation is 1. The van der Waals surface area contributed by atoms with Crippen LogP contribution in [-0.2, 0) is 14.8 Å². The molecule has 7 heteroatoms. The summed E-state index contributed by atoms with van der Waals surface area (Å²) in [7, 11) is -2.18. The Bertz CT molecular complexity index is 910. The molecule has 0 aliphatic rings. The van der Waals surface area contributed by atoms with Gasteiger partial charge < -0.3 is 10.1 Å². The zero-order valence-electron chi connectivity index (χ0n) is 15.6. The number of nitrogens with zero attached hydrogens (tertiary/aromatic N) is 1. The maximum atomic E-state index is 12.7. The van der Waals surface area contributed by atoms with Crippen molar-refractivity contribution in [3.8, 4) is 5.75 Å². The lowest BCUT2D eigenvalue weighted by molar-refractivity contribution is -0.116. The summed E-state index contributed by atoms with van der Waals surface area (Å²) in [5.74, 6) is 0.102. The lowest BCUT2D eigenvalue weighted by atomic mass is 10.1. The van der Waals surface area contributed by atoms with Crippen LogP contribution in [0, 0.1) is 13.8 Å². The number of anilines is 2. The molecule has 0 saturated carbocycles. The van der Waals surface area contributed by atoms with Crippen LogP contribution in [-0.4, -0.2) is 33.7 Å². The number of carbonyl (C=O) groups excluding carboxylic acids is 1. The van der Waals surface area contributed by atoms with E-state index in [1.54, 1.807) is 37.3 Å². The third kappa shape index (κ3) is 4.35. The van der Waals surface area contributed by atoms with Crippen LogP contribution in [0.15, 0.2) is 42.5 Å². The largest absolute Gasteiger partial charge is 0.497 e. The molecule has 0 spiro atoms. The summed E-state index contributed by atoms with van der Waals surface area (Å²) in [6.45, 7) is 5.42. The van der Waals surface area contributed by atoms with Crippen LogP contribution in [0.1, 0.15) is 18.1 Å². The third-order valence-electron chi connectivity index (χ3n) is 4.26.